The molecule has 1 N–H and O–H groups in total. The van der Waals surface area contributed by atoms with Crippen LogP contribution in [0.4, 0.5) is 5.69 Å². The SMILES string of the molecule is COc1cc(OC)cc(C(=O)Nc2ccc(-c3nc4ccccc4s3)cc2Cl)c1. The van der Waals surface area contributed by atoms with Gasteiger partial charge in [-0.3, -0.25) is 4.79 Å². The molecule has 3 aromatic carbocycles. The molecule has 0 atom stereocenters. The average molecular weight is 425 g/mol. The first-order chi connectivity index (χ1) is 14.1. The third-order valence-corrected chi connectivity index (χ3v) is 5.77. The molecule has 146 valence electrons. The first kappa shape index (κ1) is 19.2. The molecule has 0 spiro atoms. The zero-order valence-electron chi connectivity index (χ0n) is 15.7. The van der Waals surface area contributed by atoms with Crippen molar-refractivity contribution in [1.29, 1.82) is 0 Å². The highest BCUT2D eigenvalue weighted by atomic mass is 35.5. The first-order valence-corrected chi connectivity index (χ1v) is 9.97. The predicted molar refractivity (Wildman–Crippen MR) is 118 cm³/mol. The Balaban J connectivity index is 1.59. The van der Waals surface area contributed by atoms with Crippen molar-refractivity contribution in [2.24, 2.45) is 0 Å². The molecule has 0 aliphatic rings. The molecule has 0 aliphatic carbocycles. The minimum Gasteiger partial charge on any atom is -0.497 e. The molecular formula is C22H17ClN2O3S. The van der Waals surface area contributed by atoms with Crippen molar-refractivity contribution in [2.45, 2.75) is 0 Å². The van der Waals surface area contributed by atoms with Gasteiger partial charge in [0, 0.05) is 17.2 Å². The van der Waals surface area contributed by atoms with Crippen LogP contribution in [-0.2, 0) is 0 Å². The molecule has 0 unspecified atom stereocenters. The molecule has 4 aromatic rings. The van der Waals surface area contributed by atoms with Gasteiger partial charge in [-0.25, -0.2) is 4.98 Å². The summed E-state index contributed by atoms with van der Waals surface area (Å²) in [6.07, 6.45) is 0. The molecule has 0 fully saturated rings. The largest absolute Gasteiger partial charge is 0.497 e. The van der Waals surface area contributed by atoms with E-state index in [4.69, 9.17) is 21.1 Å². The summed E-state index contributed by atoms with van der Waals surface area (Å²) >= 11 is 8.04. The molecule has 1 heterocycles. The highest BCUT2D eigenvalue weighted by molar-refractivity contribution is 7.21. The van der Waals surface area contributed by atoms with Crippen LogP contribution in [0.2, 0.25) is 5.02 Å². The van der Waals surface area contributed by atoms with Gasteiger partial charge in [0.25, 0.3) is 5.91 Å². The standard InChI is InChI=1S/C22H17ClN2O3S/c1-27-15-9-14(10-16(12-15)28-2)21(26)24-18-8-7-13(11-17(18)23)22-25-19-5-3-4-6-20(19)29-22/h3-12H,1-2H3,(H,24,26). The number of thiazole rings is 1. The lowest BCUT2D eigenvalue weighted by Crippen LogP contribution is -2.12. The van der Waals surface area contributed by atoms with Crippen LogP contribution in [0.15, 0.2) is 60.7 Å². The lowest BCUT2D eigenvalue weighted by Gasteiger charge is -2.11. The van der Waals surface area contributed by atoms with Gasteiger partial charge in [-0.2, -0.15) is 0 Å². The van der Waals surface area contributed by atoms with E-state index in [1.165, 1.54) is 14.2 Å². The summed E-state index contributed by atoms with van der Waals surface area (Å²) in [5, 5.41) is 4.15. The third kappa shape index (κ3) is 4.04. The fourth-order valence-corrected chi connectivity index (χ4v) is 4.07. The quantitative estimate of drug-likeness (QED) is 0.434. The number of para-hydroxylation sites is 1. The number of nitrogens with one attached hydrogen (secondary N) is 1. The number of hydrogen-bond acceptors (Lipinski definition) is 5. The van der Waals surface area contributed by atoms with E-state index in [1.54, 1.807) is 41.7 Å². The number of rotatable bonds is 5. The minimum atomic E-state index is -0.308. The van der Waals surface area contributed by atoms with Gasteiger partial charge in [-0.15, -0.1) is 11.3 Å². The average Bonchev–Trinajstić information content (AvgIpc) is 3.19. The van der Waals surface area contributed by atoms with Crippen molar-refractivity contribution in [3.05, 3.63) is 71.2 Å². The number of amides is 1. The number of ether oxygens (including phenoxy) is 2. The molecule has 7 heteroatoms. The summed E-state index contributed by atoms with van der Waals surface area (Å²) in [7, 11) is 3.07. The van der Waals surface area contributed by atoms with Crippen molar-refractivity contribution in [3.8, 4) is 22.1 Å². The van der Waals surface area contributed by atoms with E-state index in [0.717, 1.165) is 20.8 Å². The first-order valence-electron chi connectivity index (χ1n) is 8.77. The second-order valence-corrected chi connectivity index (χ2v) is 7.67. The molecule has 0 saturated carbocycles. The predicted octanol–water partition coefficient (Wildman–Crippen LogP) is 5.89. The molecule has 4 rings (SSSR count). The van der Waals surface area contributed by atoms with Crippen LogP contribution < -0.4 is 14.8 Å². The van der Waals surface area contributed by atoms with Crippen molar-refractivity contribution in [2.75, 3.05) is 19.5 Å². The maximum atomic E-state index is 12.7. The summed E-state index contributed by atoms with van der Waals surface area (Å²) in [5.41, 5.74) is 2.78. The van der Waals surface area contributed by atoms with Gasteiger partial charge in [0.2, 0.25) is 0 Å². The highest BCUT2D eigenvalue weighted by Gasteiger charge is 2.13. The van der Waals surface area contributed by atoms with Crippen molar-refractivity contribution >= 4 is 44.7 Å². The van der Waals surface area contributed by atoms with E-state index in [1.807, 2.05) is 30.3 Å². The number of benzene rings is 3. The van der Waals surface area contributed by atoms with Crippen LogP contribution in [0.3, 0.4) is 0 Å². The molecule has 5 nitrogen and oxygen atoms in total. The molecular weight excluding hydrogens is 408 g/mol. The van der Waals surface area contributed by atoms with E-state index in [0.29, 0.717) is 27.8 Å². The maximum Gasteiger partial charge on any atom is 0.255 e. The summed E-state index contributed by atoms with van der Waals surface area (Å²) < 4.78 is 11.6. The van der Waals surface area contributed by atoms with Gasteiger partial charge >= 0.3 is 0 Å². The number of nitrogens with zero attached hydrogens (tertiary/aromatic N) is 1. The van der Waals surface area contributed by atoms with Crippen LogP contribution in [0, 0.1) is 0 Å². The van der Waals surface area contributed by atoms with Crippen LogP contribution in [0.5, 0.6) is 11.5 Å². The number of anilines is 1. The van der Waals surface area contributed by atoms with Crippen molar-refractivity contribution < 1.29 is 14.3 Å². The number of methoxy groups -OCH3 is 2. The maximum absolute atomic E-state index is 12.7. The van der Waals surface area contributed by atoms with Crippen LogP contribution in [0.25, 0.3) is 20.8 Å². The van der Waals surface area contributed by atoms with Crippen LogP contribution >= 0.6 is 22.9 Å². The molecule has 0 radical (unpaired) electrons. The molecule has 0 aliphatic heterocycles. The summed E-state index contributed by atoms with van der Waals surface area (Å²) in [6.45, 7) is 0. The van der Waals surface area contributed by atoms with Gasteiger partial charge in [0.1, 0.15) is 16.5 Å². The topological polar surface area (TPSA) is 60.5 Å². The summed E-state index contributed by atoms with van der Waals surface area (Å²) in [4.78, 5) is 17.3. The Morgan fingerprint density at radius 2 is 1.72 bits per heavy atom. The van der Waals surface area contributed by atoms with Crippen molar-refractivity contribution in [1.82, 2.24) is 4.98 Å². The smallest absolute Gasteiger partial charge is 0.255 e. The van der Waals surface area contributed by atoms with E-state index in [-0.39, 0.29) is 5.91 Å². The fraction of sp³-hybridized carbons (Fsp3) is 0.0909. The number of aromatic nitrogens is 1. The number of hydrogen-bond donors (Lipinski definition) is 1. The third-order valence-electron chi connectivity index (χ3n) is 4.37. The second-order valence-electron chi connectivity index (χ2n) is 6.24. The molecule has 1 amide bonds. The molecule has 0 saturated heterocycles. The van der Waals surface area contributed by atoms with Gasteiger partial charge in [0.05, 0.1) is 35.1 Å². The normalized spacial score (nSPS) is 10.7. The van der Waals surface area contributed by atoms with E-state index in [2.05, 4.69) is 10.3 Å². The van der Waals surface area contributed by atoms with Gasteiger partial charge in [0.15, 0.2) is 0 Å². The zero-order valence-corrected chi connectivity index (χ0v) is 17.3. The highest BCUT2D eigenvalue weighted by Crippen LogP contribution is 2.34. The molecule has 29 heavy (non-hydrogen) atoms. The monoisotopic (exact) mass is 424 g/mol. The Morgan fingerprint density at radius 1 is 1.00 bits per heavy atom. The number of carbonyl (C=O) groups excluding carboxylic acids is 1. The molecule has 0 bridgehead atoms. The lowest BCUT2D eigenvalue weighted by atomic mass is 10.1. The number of halogens is 1. The molecule has 1 aromatic heterocycles. The number of carbonyl (C=O) groups is 1. The Hall–Kier alpha value is -3.09. The van der Waals surface area contributed by atoms with Crippen LogP contribution in [0.1, 0.15) is 10.4 Å². The lowest BCUT2D eigenvalue weighted by molar-refractivity contribution is 0.102. The van der Waals surface area contributed by atoms with Gasteiger partial charge in [-0.1, -0.05) is 23.7 Å². The van der Waals surface area contributed by atoms with E-state index < -0.39 is 0 Å². The fourth-order valence-electron chi connectivity index (χ4n) is 2.88. The zero-order chi connectivity index (χ0) is 20.4. The Labute approximate surface area is 176 Å². The van der Waals surface area contributed by atoms with Crippen molar-refractivity contribution in [3.63, 3.8) is 0 Å². The Kier molecular flexibility index (Phi) is 5.38. The van der Waals surface area contributed by atoms with Crippen LogP contribution in [-0.4, -0.2) is 25.1 Å². The number of fused-ring (bicyclic) bond motifs is 1. The summed E-state index contributed by atoms with van der Waals surface area (Å²) in [5.74, 6) is 0.760. The van der Waals surface area contributed by atoms with Gasteiger partial charge < -0.3 is 14.8 Å². The van der Waals surface area contributed by atoms with E-state index >= 15 is 0 Å². The Bertz CT molecular complexity index is 1150. The van der Waals surface area contributed by atoms with E-state index in [9.17, 15) is 4.79 Å². The Morgan fingerprint density at radius 3 is 2.38 bits per heavy atom. The van der Waals surface area contributed by atoms with Gasteiger partial charge in [-0.05, 0) is 42.5 Å². The second kappa shape index (κ2) is 8.11. The minimum absolute atomic E-state index is 0.308. The summed E-state index contributed by atoms with van der Waals surface area (Å²) in [6, 6.07) is 18.4.